The summed E-state index contributed by atoms with van der Waals surface area (Å²) in [7, 11) is 1.59. The van der Waals surface area contributed by atoms with Gasteiger partial charge in [-0.2, -0.15) is 4.99 Å². The van der Waals surface area contributed by atoms with Gasteiger partial charge in [0.05, 0.1) is 29.9 Å². The van der Waals surface area contributed by atoms with E-state index in [0.717, 1.165) is 22.6 Å². The molecule has 3 aromatic carbocycles. The summed E-state index contributed by atoms with van der Waals surface area (Å²) in [5, 5.41) is 7.16. The number of carbonyl (C=O) groups excluding carboxylic acids is 2. The Balaban J connectivity index is 1.34. The lowest BCUT2D eigenvalue weighted by Gasteiger charge is -2.22. The van der Waals surface area contributed by atoms with Crippen molar-refractivity contribution in [2.75, 3.05) is 23.1 Å². The lowest BCUT2D eigenvalue weighted by molar-refractivity contribution is -0.115. The maximum Gasteiger partial charge on any atom is 0.347 e. The number of urea groups is 1. The van der Waals surface area contributed by atoms with Gasteiger partial charge in [-0.05, 0) is 72.5 Å². The molecule has 204 valence electrons. The summed E-state index contributed by atoms with van der Waals surface area (Å²) in [4.78, 5) is 35.4. The van der Waals surface area contributed by atoms with Crippen molar-refractivity contribution in [3.05, 3.63) is 83.9 Å². The van der Waals surface area contributed by atoms with Crippen LogP contribution in [0.3, 0.4) is 0 Å². The number of anilines is 2. The Kier molecular flexibility index (Phi) is 7.65. The number of methoxy groups -OCH3 is 1. The molecular weight excluding hydrogens is 531 g/mol. The fourth-order valence-electron chi connectivity index (χ4n) is 4.26. The first-order valence-electron chi connectivity index (χ1n) is 12.6. The largest absolute Gasteiger partial charge is 0.497 e. The van der Waals surface area contributed by atoms with Crippen LogP contribution < -0.4 is 15.0 Å². The van der Waals surface area contributed by atoms with E-state index < -0.39 is 11.8 Å². The number of rotatable bonds is 6. The van der Waals surface area contributed by atoms with Crippen LogP contribution in [-0.4, -0.2) is 44.7 Å². The molecule has 0 radical (unpaired) electrons. The summed E-state index contributed by atoms with van der Waals surface area (Å²) >= 11 is 1.17. The fraction of sp³-hybridized carbons (Fsp3) is 0.207. The van der Waals surface area contributed by atoms with Crippen LogP contribution in [0.25, 0.3) is 17.1 Å². The Morgan fingerprint density at radius 3 is 2.60 bits per heavy atom. The summed E-state index contributed by atoms with van der Waals surface area (Å²) in [6.07, 6.45) is 1.53. The van der Waals surface area contributed by atoms with E-state index >= 15 is 4.39 Å². The average Bonchev–Trinajstić information content (AvgIpc) is 3.57. The topological polar surface area (TPSA) is 102 Å². The summed E-state index contributed by atoms with van der Waals surface area (Å²) in [6.45, 7) is 6.02. The number of benzene rings is 3. The number of hydrogen-bond acceptors (Lipinski definition) is 6. The zero-order valence-electron chi connectivity index (χ0n) is 22.4. The standard InChI is InChI=1S/C29H27FN6O3S/c1-17(2)22-11-5-18(3)13-25(22)36-26(37)15-40-29(36)33-28(38)32-24-12-6-19(14-23(24)30)27-31-16-35(34-27)20-7-9-21(39-4)10-8-20/h5-14,16-17H,15H2,1-4H3,(H,32,38)/b33-29-. The number of nitrogens with one attached hydrogen (secondary N) is 1. The van der Waals surface area contributed by atoms with E-state index in [4.69, 9.17) is 4.74 Å². The van der Waals surface area contributed by atoms with Crippen molar-refractivity contribution < 1.29 is 18.7 Å². The number of aliphatic imine (C=N–C) groups is 1. The number of nitrogens with zero attached hydrogens (tertiary/aromatic N) is 5. The van der Waals surface area contributed by atoms with E-state index in [1.165, 1.54) is 35.1 Å². The number of thioether (sulfide) groups is 1. The van der Waals surface area contributed by atoms with Crippen molar-refractivity contribution in [3.8, 4) is 22.8 Å². The number of hydrogen-bond donors (Lipinski definition) is 1. The molecule has 1 N–H and O–H groups in total. The van der Waals surface area contributed by atoms with Crippen LogP contribution >= 0.6 is 11.8 Å². The van der Waals surface area contributed by atoms with Gasteiger partial charge in [0.15, 0.2) is 11.0 Å². The number of aromatic nitrogens is 3. The van der Waals surface area contributed by atoms with Crippen molar-refractivity contribution >= 4 is 40.2 Å². The third-order valence-corrected chi connectivity index (χ3v) is 7.23. The monoisotopic (exact) mass is 558 g/mol. The Hall–Kier alpha value is -4.51. The molecule has 0 spiro atoms. The Bertz CT molecular complexity index is 1620. The van der Waals surface area contributed by atoms with Crippen LogP contribution in [0.4, 0.5) is 20.6 Å². The summed E-state index contributed by atoms with van der Waals surface area (Å²) < 4.78 is 21.7. The van der Waals surface area contributed by atoms with Gasteiger partial charge in [-0.1, -0.05) is 37.7 Å². The minimum absolute atomic E-state index is 0.0491. The van der Waals surface area contributed by atoms with Crippen LogP contribution in [-0.2, 0) is 4.79 Å². The number of halogens is 1. The van der Waals surface area contributed by atoms with Crippen molar-refractivity contribution in [2.45, 2.75) is 26.7 Å². The zero-order chi connectivity index (χ0) is 28.4. The summed E-state index contributed by atoms with van der Waals surface area (Å²) in [6, 6.07) is 16.7. The molecule has 0 aliphatic carbocycles. The molecule has 11 heteroatoms. The highest BCUT2D eigenvalue weighted by Crippen LogP contribution is 2.34. The van der Waals surface area contributed by atoms with Gasteiger partial charge < -0.3 is 10.1 Å². The first-order chi connectivity index (χ1) is 19.2. The van der Waals surface area contributed by atoms with Gasteiger partial charge in [0.1, 0.15) is 17.9 Å². The summed E-state index contributed by atoms with van der Waals surface area (Å²) in [5.74, 6) is 0.532. The van der Waals surface area contributed by atoms with Gasteiger partial charge in [0.25, 0.3) is 0 Å². The zero-order valence-corrected chi connectivity index (χ0v) is 23.2. The van der Waals surface area contributed by atoms with Crippen LogP contribution in [0.2, 0.25) is 0 Å². The normalized spacial score (nSPS) is 14.3. The Morgan fingerprint density at radius 2 is 1.90 bits per heavy atom. The van der Waals surface area contributed by atoms with E-state index in [2.05, 4.69) is 20.4 Å². The van der Waals surface area contributed by atoms with Gasteiger partial charge in [-0.25, -0.2) is 18.9 Å². The smallest absolute Gasteiger partial charge is 0.347 e. The average molecular weight is 559 g/mol. The molecule has 2 heterocycles. The number of ether oxygens (including phenoxy) is 1. The highest BCUT2D eigenvalue weighted by Gasteiger charge is 2.32. The number of amides is 3. The SMILES string of the molecule is COc1ccc(-n2cnc(-c3ccc(NC(=O)/N=C4\SCC(=O)N4c4cc(C)ccc4C(C)C)c(F)c3)n2)cc1. The van der Waals surface area contributed by atoms with Gasteiger partial charge in [0.2, 0.25) is 5.91 Å². The third kappa shape index (κ3) is 5.59. The molecule has 1 saturated heterocycles. The molecule has 1 fully saturated rings. The van der Waals surface area contributed by atoms with E-state index in [-0.39, 0.29) is 28.4 Å². The van der Waals surface area contributed by atoms with Gasteiger partial charge in [0, 0.05) is 5.56 Å². The molecule has 5 rings (SSSR count). The van der Waals surface area contributed by atoms with Gasteiger partial charge in [-0.15, -0.1) is 5.10 Å². The van der Waals surface area contributed by atoms with Gasteiger partial charge in [-0.3, -0.25) is 9.69 Å². The van der Waals surface area contributed by atoms with Gasteiger partial charge >= 0.3 is 6.03 Å². The van der Waals surface area contributed by atoms with Crippen molar-refractivity contribution in [1.29, 1.82) is 0 Å². The molecule has 0 atom stereocenters. The van der Waals surface area contributed by atoms with E-state index in [1.54, 1.807) is 30.0 Å². The van der Waals surface area contributed by atoms with Crippen LogP contribution in [0.15, 0.2) is 72.0 Å². The van der Waals surface area contributed by atoms with Crippen LogP contribution in [0, 0.1) is 12.7 Å². The highest BCUT2D eigenvalue weighted by molar-refractivity contribution is 8.15. The second-order valence-corrected chi connectivity index (χ2v) is 10.4. The number of amidine groups is 1. The maximum absolute atomic E-state index is 15.0. The quantitative estimate of drug-likeness (QED) is 0.303. The minimum atomic E-state index is -0.783. The minimum Gasteiger partial charge on any atom is -0.497 e. The maximum atomic E-state index is 15.0. The summed E-state index contributed by atoms with van der Waals surface area (Å²) in [5.41, 5.74) is 3.82. The molecule has 1 aliphatic heterocycles. The Labute approximate surface area is 235 Å². The molecule has 1 aliphatic rings. The predicted octanol–water partition coefficient (Wildman–Crippen LogP) is 6.18. The molecular formula is C29H27FN6O3S. The van der Waals surface area contributed by atoms with Crippen molar-refractivity contribution in [1.82, 2.24) is 14.8 Å². The molecule has 3 amide bonds. The molecule has 1 aromatic heterocycles. The molecule has 0 unspecified atom stereocenters. The first kappa shape index (κ1) is 27.1. The second kappa shape index (κ2) is 11.3. The first-order valence-corrected chi connectivity index (χ1v) is 13.5. The molecule has 9 nitrogen and oxygen atoms in total. The van der Waals surface area contributed by atoms with Crippen molar-refractivity contribution in [3.63, 3.8) is 0 Å². The molecule has 0 bridgehead atoms. The Morgan fingerprint density at radius 1 is 1.12 bits per heavy atom. The third-order valence-electron chi connectivity index (χ3n) is 6.31. The van der Waals surface area contributed by atoms with Crippen LogP contribution in [0.1, 0.15) is 30.9 Å². The van der Waals surface area contributed by atoms with E-state index in [0.29, 0.717) is 17.1 Å². The van der Waals surface area contributed by atoms with E-state index in [9.17, 15) is 9.59 Å². The number of carbonyl (C=O) groups is 2. The highest BCUT2D eigenvalue weighted by atomic mass is 32.2. The molecule has 4 aromatic rings. The lowest BCUT2D eigenvalue weighted by Crippen LogP contribution is -2.31. The second-order valence-electron chi connectivity index (χ2n) is 9.46. The number of aryl methyl sites for hydroxylation is 1. The predicted molar refractivity (Wildman–Crippen MR) is 155 cm³/mol. The fourth-order valence-corrected chi connectivity index (χ4v) is 5.12. The van der Waals surface area contributed by atoms with E-state index in [1.807, 2.05) is 51.1 Å². The molecule has 0 saturated carbocycles. The van der Waals surface area contributed by atoms with Crippen molar-refractivity contribution in [2.24, 2.45) is 4.99 Å². The lowest BCUT2D eigenvalue weighted by atomic mass is 9.99. The molecule has 40 heavy (non-hydrogen) atoms. The van der Waals surface area contributed by atoms with Crippen LogP contribution in [0.5, 0.6) is 5.75 Å².